The number of methoxy groups -OCH3 is 1. The highest BCUT2D eigenvalue weighted by atomic mass is 35.5. The Morgan fingerprint density at radius 3 is 2.69 bits per heavy atom. The minimum absolute atomic E-state index is 0.0549. The van der Waals surface area contributed by atoms with Crippen LogP contribution in [0, 0.1) is 5.82 Å². The Morgan fingerprint density at radius 1 is 1.09 bits per heavy atom. The summed E-state index contributed by atoms with van der Waals surface area (Å²) in [6.45, 7) is -0.368. The number of hydrogen-bond donors (Lipinski definition) is 2. The predicted molar refractivity (Wildman–Crippen MR) is 120 cm³/mol. The maximum Gasteiger partial charge on any atom is 0.271 e. The molecule has 0 aliphatic rings. The summed E-state index contributed by atoms with van der Waals surface area (Å²) >= 11 is 6.04. The second kappa shape index (κ2) is 10.9. The number of carbonyl (C=O) groups excluding carboxylic acids is 2. The number of hydrazone groups is 1. The Balaban J connectivity index is 1.63. The number of para-hydroxylation sites is 1. The van der Waals surface area contributed by atoms with Gasteiger partial charge in [-0.05, 0) is 48.5 Å². The molecule has 0 saturated carbocycles. The van der Waals surface area contributed by atoms with E-state index in [1.807, 2.05) is 0 Å². The lowest BCUT2D eigenvalue weighted by molar-refractivity contribution is -0.118. The zero-order valence-corrected chi connectivity index (χ0v) is 17.7. The minimum atomic E-state index is -0.549. The van der Waals surface area contributed by atoms with Gasteiger partial charge in [0.05, 0.1) is 19.0 Å². The zero-order chi connectivity index (χ0) is 22.9. The number of halogens is 2. The first kappa shape index (κ1) is 22.8. The molecule has 164 valence electrons. The number of ether oxygens (including phenoxy) is 2. The molecule has 3 aromatic carbocycles. The molecule has 7 nitrogen and oxygen atoms in total. The van der Waals surface area contributed by atoms with Crippen LogP contribution in [0.4, 0.5) is 10.1 Å². The molecule has 0 aliphatic heterocycles. The van der Waals surface area contributed by atoms with Crippen LogP contribution in [-0.2, 0) is 4.79 Å². The van der Waals surface area contributed by atoms with Crippen molar-refractivity contribution in [2.75, 3.05) is 19.0 Å². The smallest absolute Gasteiger partial charge is 0.271 e. The van der Waals surface area contributed by atoms with Crippen molar-refractivity contribution in [1.29, 1.82) is 0 Å². The molecule has 0 saturated heterocycles. The van der Waals surface area contributed by atoms with Crippen LogP contribution in [0.1, 0.15) is 15.9 Å². The van der Waals surface area contributed by atoms with Gasteiger partial charge in [-0.15, -0.1) is 0 Å². The van der Waals surface area contributed by atoms with Crippen LogP contribution < -0.4 is 20.2 Å². The molecule has 0 atom stereocenters. The average Bonchev–Trinajstić information content (AvgIpc) is 2.80. The fourth-order valence-corrected chi connectivity index (χ4v) is 2.81. The fraction of sp³-hybridized carbons (Fsp3) is 0.0870. The molecule has 0 heterocycles. The van der Waals surface area contributed by atoms with E-state index in [4.69, 9.17) is 21.1 Å². The Morgan fingerprint density at radius 2 is 1.91 bits per heavy atom. The van der Waals surface area contributed by atoms with Gasteiger partial charge in [0, 0.05) is 16.1 Å². The van der Waals surface area contributed by atoms with Crippen molar-refractivity contribution in [2.45, 2.75) is 0 Å². The minimum Gasteiger partial charge on any atom is -0.497 e. The Kier molecular flexibility index (Phi) is 7.77. The second-order valence-electron chi connectivity index (χ2n) is 6.43. The van der Waals surface area contributed by atoms with E-state index in [1.54, 1.807) is 48.5 Å². The third-order valence-electron chi connectivity index (χ3n) is 4.18. The van der Waals surface area contributed by atoms with Gasteiger partial charge in [0.15, 0.2) is 6.61 Å². The molecule has 9 heteroatoms. The Labute approximate surface area is 188 Å². The number of hydrogen-bond acceptors (Lipinski definition) is 5. The third-order valence-corrected chi connectivity index (χ3v) is 4.42. The number of anilines is 1. The molecule has 0 bridgehead atoms. The van der Waals surface area contributed by atoms with Crippen LogP contribution in [0.25, 0.3) is 0 Å². The SMILES string of the molecule is COc1cccc(C(=O)N/N=C/c2cc(Cl)ccc2OCC(=O)Nc2ccccc2F)c1. The van der Waals surface area contributed by atoms with Crippen LogP contribution in [0.3, 0.4) is 0 Å². The monoisotopic (exact) mass is 455 g/mol. The maximum absolute atomic E-state index is 13.7. The van der Waals surface area contributed by atoms with E-state index >= 15 is 0 Å². The van der Waals surface area contributed by atoms with Crippen molar-refractivity contribution < 1.29 is 23.5 Å². The summed E-state index contributed by atoms with van der Waals surface area (Å²) in [4.78, 5) is 24.3. The van der Waals surface area contributed by atoms with E-state index in [0.717, 1.165) is 0 Å². The summed E-state index contributed by atoms with van der Waals surface area (Å²) in [5.74, 6) is -0.682. The molecule has 0 fully saturated rings. The molecule has 0 spiro atoms. The van der Waals surface area contributed by atoms with E-state index in [-0.39, 0.29) is 12.3 Å². The molecule has 0 unspecified atom stereocenters. The maximum atomic E-state index is 13.7. The standard InChI is InChI=1S/C23H19ClFN3O4/c1-31-18-6-4-5-15(12-18)23(30)28-26-13-16-11-17(24)9-10-21(16)32-14-22(29)27-20-8-3-2-7-19(20)25/h2-13H,14H2,1H3,(H,27,29)(H,28,30)/b26-13+. The zero-order valence-electron chi connectivity index (χ0n) is 17.0. The molecule has 0 radical (unpaired) electrons. The topological polar surface area (TPSA) is 89.0 Å². The molecular formula is C23H19ClFN3O4. The number of nitrogens with zero attached hydrogens (tertiary/aromatic N) is 1. The number of benzene rings is 3. The normalized spacial score (nSPS) is 10.6. The average molecular weight is 456 g/mol. The summed E-state index contributed by atoms with van der Waals surface area (Å²) in [6, 6.07) is 17.1. The first-order valence-corrected chi connectivity index (χ1v) is 9.78. The van der Waals surface area contributed by atoms with E-state index in [1.165, 1.54) is 31.5 Å². The number of amides is 2. The third kappa shape index (κ3) is 6.29. The van der Waals surface area contributed by atoms with Gasteiger partial charge in [0.2, 0.25) is 0 Å². The summed E-state index contributed by atoms with van der Waals surface area (Å²) in [6.07, 6.45) is 1.34. The highest BCUT2D eigenvalue weighted by Gasteiger charge is 2.10. The van der Waals surface area contributed by atoms with E-state index in [2.05, 4.69) is 15.8 Å². The van der Waals surface area contributed by atoms with Gasteiger partial charge in [-0.1, -0.05) is 29.8 Å². The summed E-state index contributed by atoms with van der Waals surface area (Å²) in [5.41, 5.74) is 3.26. The van der Waals surface area contributed by atoms with Gasteiger partial charge in [0.1, 0.15) is 17.3 Å². The second-order valence-corrected chi connectivity index (χ2v) is 6.87. The highest BCUT2D eigenvalue weighted by molar-refractivity contribution is 6.30. The molecule has 32 heavy (non-hydrogen) atoms. The molecule has 3 rings (SSSR count). The predicted octanol–water partition coefficient (Wildman–Crippen LogP) is 4.27. The van der Waals surface area contributed by atoms with Crippen molar-refractivity contribution in [3.05, 3.63) is 88.7 Å². The Hall–Kier alpha value is -3.91. The van der Waals surface area contributed by atoms with Crippen molar-refractivity contribution >= 4 is 35.3 Å². The van der Waals surface area contributed by atoms with Gasteiger partial charge in [-0.2, -0.15) is 5.10 Å². The molecule has 2 amide bonds. The lowest BCUT2D eigenvalue weighted by atomic mass is 10.2. The van der Waals surface area contributed by atoms with Crippen LogP contribution in [0.5, 0.6) is 11.5 Å². The molecule has 3 aromatic rings. The summed E-state index contributed by atoms with van der Waals surface area (Å²) < 4.78 is 24.3. The van der Waals surface area contributed by atoms with Gasteiger partial charge in [-0.25, -0.2) is 9.82 Å². The van der Waals surface area contributed by atoms with Crippen LogP contribution in [0.2, 0.25) is 5.02 Å². The van der Waals surface area contributed by atoms with Crippen LogP contribution in [0.15, 0.2) is 71.8 Å². The molecule has 2 N–H and O–H groups in total. The lowest BCUT2D eigenvalue weighted by Crippen LogP contribution is -2.21. The van der Waals surface area contributed by atoms with Crippen LogP contribution >= 0.6 is 11.6 Å². The first-order valence-electron chi connectivity index (χ1n) is 9.40. The van der Waals surface area contributed by atoms with Crippen molar-refractivity contribution in [3.63, 3.8) is 0 Å². The number of rotatable bonds is 8. The van der Waals surface area contributed by atoms with Crippen molar-refractivity contribution in [1.82, 2.24) is 5.43 Å². The van der Waals surface area contributed by atoms with Crippen LogP contribution in [-0.4, -0.2) is 31.7 Å². The summed E-state index contributed by atoms with van der Waals surface area (Å²) in [7, 11) is 1.51. The van der Waals surface area contributed by atoms with Gasteiger partial charge in [0.25, 0.3) is 11.8 Å². The fourth-order valence-electron chi connectivity index (χ4n) is 2.63. The van der Waals surface area contributed by atoms with E-state index in [9.17, 15) is 14.0 Å². The van der Waals surface area contributed by atoms with Crippen molar-refractivity contribution in [2.24, 2.45) is 5.10 Å². The van der Waals surface area contributed by atoms with Crippen molar-refractivity contribution in [3.8, 4) is 11.5 Å². The van der Waals surface area contributed by atoms with Gasteiger partial charge >= 0.3 is 0 Å². The van der Waals surface area contributed by atoms with Gasteiger partial charge < -0.3 is 14.8 Å². The number of nitrogens with one attached hydrogen (secondary N) is 2. The lowest BCUT2D eigenvalue weighted by Gasteiger charge is -2.10. The first-order chi connectivity index (χ1) is 15.5. The number of carbonyl (C=O) groups is 2. The van der Waals surface area contributed by atoms with E-state index < -0.39 is 17.6 Å². The molecule has 0 aliphatic carbocycles. The summed E-state index contributed by atoms with van der Waals surface area (Å²) in [5, 5.41) is 6.77. The van der Waals surface area contributed by atoms with Gasteiger partial charge in [-0.3, -0.25) is 9.59 Å². The molecule has 0 aromatic heterocycles. The highest BCUT2D eigenvalue weighted by Crippen LogP contribution is 2.22. The quantitative estimate of drug-likeness (QED) is 0.392. The Bertz CT molecular complexity index is 1150. The van der Waals surface area contributed by atoms with E-state index in [0.29, 0.717) is 27.6 Å². The largest absolute Gasteiger partial charge is 0.497 e. The molecular weight excluding hydrogens is 437 g/mol.